The molecular weight excluding hydrogens is 324 g/mol. The summed E-state index contributed by atoms with van der Waals surface area (Å²) in [6.45, 7) is 9.02. The van der Waals surface area contributed by atoms with Crippen molar-refractivity contribution in [1.29, 1.82) is 0 Å². The molecule has 1 N–H and O–H groups in total. The minimum Gasteiger partial charge on any atom is -0.481 e. The highest BCUT2D eigenvalue weighted by Crippen LogP contribution is 2.09. The second kappa shape index (κ2) is 23.6. The van der Waals surface area contributed by atoms with Crippen molar-refractivity contribution in [2.45, 2.75) is 110 Å². The fourth-order valence-electron chi connectivity index (χ4n) is 2.64. The molecule has 0 amide bonds. The first kappa shape index (κ1) is 26.8. The summed E-state index contributed by atoms with van der Waals surface area (Å²) in [6, 6.07) is 0. The Hall–Kier alpha value is -1.38. The van der Waals surface area contributed by atoms with Gasteiger partial charge in [0.1, 0.15) is 5.78 Å². The number of ketones is 1. The number of unbranched alkanes of at least 4 members (excludes halogenated alkanes) is 12. The van der Waals surface area contributed by atoms with Gasteiger partial charge in [0.05, 0.1) is 0 Å². The summed E-state index contributed by atoms with van der Waals surface area (Å²) < 4.78 is 0. The van der Waals surface area contributed by atoms with Gasteiger partial charge in [0.25, 0.3) is 0 Å². The Bertz CT molecular complexity index is 313. The number of aliphatic carboxylic acids is 1. The molecule has 0 aliphatic carbocycles. The Morgan fingerprint density at radius 3 is 1.35 bits per heavy atom. The molecule has 0 heterocycles. The van der Waals surface area contributed by atoms with E-state index in [1.54, 1.807) is 6.92 Å². The summed E-state index contributed by atoms with van der Waals surface area (Å²) in [5.41, 5.74) is 0. The highest BCUT2D eigenvalue weighted by molar-refractivity contribution is 5.75. The van der Waals surface area contributed by atoms with Gasteiger partial charge in [0, 0.05) is 12.8 Å². The third-order valence-corrected chi connectivity index (χ3v) is 4.24. The number of allylic oxidation sites excluding steroid dienone is 2. The van der Waals surface area contributed by atoms with Gasteiger partial charge in [-0.3, -0.25) is 4.79 Å². The standard InChI is InChI=1S/C12H22O.C11H20O2/c1-3-4-5-6-7-8-9-10-11-12(2)13;1-2-3-4-5-6-7-8-9-10-11(12)13/h3H,1,4-11H2,2H3;2H,1,3-10H2,(H,12,13). The molecule has 0 aromatic carbocycles. The number of Topliss-reactive ketones (excluding diaryl/α,β-unsaturated/α-hetero) is 1. The lowest BCUT2D eigenvalue weighted by Crippen LogP contribution is -1.93. The van der Waals surface area contributed by atoms with E-state index in [2.05, 4.69) is 13.2 Å². The fraction of sp³-hybridized carbons (Fsp3) is 0.739. The van der Waals surface area contributed by atoms with E-state index in [-0.39, 0.29) is 0 Å². The van der Waals surface area contributed by atoms with Gasteiger partial charge < -0.3 is 9.90 Å². The maximum Gasteiger partial charge on any atom is 0.303 e. The van der Waals surface area contributed by atoms with Gasteiger partial charge in [-0.15, -0.1) is 13.2 Å². The number of carboxylic acid groups (broad SMARTS) is 1. The Balaban J connectivity index is 0. The SMILES string of the molecule is C=CCCCCCCCCC(=O)O.C=CCCCCCCCCC(C)=O. The Kier molecular flexibility index (Phi) is 24.4. The van der Waals surface area contributed by atoms with Gasteiger partial charge in [0.15, 0.2) is 0 Å². The van der Waals surface area contributed by atoms with Crippen molar-refractivity contribution in [3.8, 4) is 0 Å². The molecule has 0 atom stereocenters. The van der Waals surface area contributed by atoms with E-state index in [0.29, 0.717) is 12.2 Å². The third-order valence-electron chi connectivity index (χ3n) is 4.24. The van der Waals surface area contributed by atoms with Gasteiger partial charge in [-0.1, -0.05) is 63.5 Å². The number of carbonyl (C=O) groups excluding carboxylic acids is 1. The van der Waals surface area contributed by atoms with Gasteiger partial charge in [0.2, 0.25) is 0 Å². The van der Waals surface area contributed by atoms with Crippen molar-refractivity contribution < 1.29 is 14.7 Å². The van der Waals surface area contributed by atoms with Crippen LogP contribution in [0.5, 0.6) is 0 Å². The van der Waals surface area contributed by atoms with Crippen LogP contribution in [0.3, 0.4) is 0 Å². The quantitative estimate of drug-likeness (QED) is 0.205. The molecule has 3 heteroatoms. The molecule has 0 rings (SSSR count). The van der Waals surface area contributed by atoms with Crippen LogP contribution < -0.4 is 0 Å². The molecule has 0 aliphatic heterocycles. The molecule has 0 radical (unpaired) electrons. The molecule has 26 heavy (non-hydrogen) atoms. The van der Waals surface area contributed by atoms with Crippen LogP contribution in [0.15, 0.2) is 25.3 Å². The topological polar surface area (TPSA) is 54.4 Å². The number of hydrogen-bond donors (Lipinski definition) is 1. The lowest BCUT2D eigenvalue weighted by Gasteiger charge is -1.99. The average Bonchev–Trinajstić information content (AvgIpc) is 2.60. The van der Waals surface area contributed by atoms with Crippen LogP contribution in [-0.2, 0) is 9.59 Å². The second-order valence-electron chi connectivity index (χ2n) is 6.99. The summed E-state index contributed by atoms with van der Waals surface area (Å²) in [6.07, 6.45) is 21.5. The number of carbonyl (C=O) groups is 2. The second-order valence-corrected chi connectivity index (χ2v) is 6.99. The Morgan fingerprint density at radius 2 is 1.00 bits per heavy atom. The number of rotatable bonds is 18. The van der Waals surface area contributed by atoms with Crippen molar-refractivity contribution in [2.24, 2.45) is 0 Å². The smallest absolute Gasteiger partial charge is 0.303 e. The molecule has 0 aromatic heterocycles. The largest absolute Gasteiger partial charge is 0.481 e. The van der Waals surface area contributed by atoms with E-state index in [4.69, 9.17) is 5.11 Å². The van der Waals surface area contributed by atoms with E-state index >= 15 is 0 Å². The molecule has 0 fully saturated rings. The Morgan fingerprint density at radius 1 is 0.654 bits per heavy atom. The van der Waals surface area contributed by atoms with Gasteiger partial charge >= 0.3 is 5.97 Å². The lowest BCUT2D eigenvalue weighted by atomic mass is 10.1. The van der Waals surface area contributed by atoms with E-state index in [0.717, 1.165) is 38.5 Å². The van der Waals surface area contributed by atoms with Crippen LogP contribution in [0, 0.1) is 0 Å². The summed E-state index contributed by atoms with van der Waals surface area (Å²) in [4.78, 5) is 20.8. The predicted molar refractivity (Wildman–Crippen MR) is 113 cm³/mol. The monoisotopic (exact) mass is 366 g/mol. The summed E-state index contributed by atoms with van der Waals surface area (Å²) in [5.74, 6) is -0.349. The third kappa shape index (κ3) is 30.5. The van der Waals surface area contributed by atoms with Gasteiger partial charge in [-0.25, -0.2) is 0 Å². The zero-order valence-corrected chi connectivity index (χ0v) is 17.1. The van der Waals surface area contributed by atoms with Crippen molar-refractivity contribution >= 4 is 11.8 Å². The first-order valence-corrected chi connectivity index (χ1v) is 10.5. The van der Waals surface area contributed by atoms with E-state index in [1.807, 2.05) is 12.2 Å². The molecule has 0 unspecified atom stereocenters. The highest BCUT2D eigenvalue weighted by Gasteiger charge is 1.96. The van der Waals surface area contributed by atoms with Crippen molar-refractivity contribution in [1.82, 2.24) is 0 Å². The lowest BCUT2D eigenvalue weighted by molar-refractivity contribution is -0.137. The number of hydrogen-bond acceptors (Lipinski definition) is 2. The van der Waals surface area contributed by atoms with Crippen LogP contribution in [0.25, 0.3) is 0 Å². The van der Waals surface area contributed by atoms with Crippen LogP contribution in [0.2, 0.25) is 0 Å². The summed E-state index contributed by atoms with van der Waals surface area (Å²) in [7, 11) is 0. The Labute approximate surface area is 162 Å². The average molecular weight is 367 g/mol. The minimum atomic E-state index is -0.674. The molecule has 152 valence electrons. The molecule has 0 saturated carbocycles. The maximum absolute atomic E-state index is 10.6. The summed E-state index contributed by atoms with van der Waals surface area (Å²) >= 11 is 0. The molecular formula is C23H42O3. The normalized spacial score (nSPS) is 9.88. The highest BCUT2D eigenvalue weighted by atomic mass is 16.4. The maximum atomic E-state index is 10.6. The summed E-state index contributed by atoms with van der Waals surface area (Å²) in [5, 5.41) is 8.38. The van der Waals surface area contributed by atoms with Gasteiger partial charge in [-0.2, -0.15) is 0 Å². The fourth-order valence-corrected chi connectivity index (χ4v) is 2.64. The first-order chi connectivity index (χ1) is 12.5. The minimum absolute atomic E-state index is 0.326. The van der Waals surface area contributed by atoms with Crippen molar-refractivity contribution in [3.05, 3.63) is 25.3 Å². The van der Waals surface area contributed by atoms with E-state index in [9.17, 15) is 9.59 Å². The van der Waals surface area contributed by atoms with Gasteiger partial charge in [-0.05, 0) is 45.4 Å². The molecule has 0 spiro atoms. The zero-order valence-electron chi connectivity index (χ0n) is 17.1. The van der Waals surface area contributed by atoms with Crippen molar-refractivity contribution in [3.63, 3.8) is 0 Å². The van der Waals surface area contributed by atoms with Crippen LogP contribution in [0.4, 0.5) is 0 Å². The van der Waals surface area contributed by atoms with Crippen molar-refractivity contribution in [2.75, 3.05) is 0 Å². The molecule has 0 saturated heterocycles. The molecule has 0 aliphatic rings. The molecule has 0 bridgehead atoms. The van der Waals surface area contributed by atoms with Crippen LogP contribution in [-0.4, -0.2) is 16.9 Å². The van der Waals surface area contributed by atoms with Crippen LogP contribution >= 0.6 is 0 Å². The molecule has 3 nitrogen and oxygen atoms in total. The zero-order chi connectivity index (χ0) is 19.9. The van der Waals surface area contributed by atoms with E-state index in [1.165, 1.54) is 57.8 Å². The van der Waals surface area contributed by atoms with Crippen LogP contribution in [0.1, 0.15) is 110 Å². The van der Waals surface area contributed by atoms with E-state index < -0.39 is 5.97 Å². The molecule has 0 aromatic rings. The first-order valence-electron chi connectivity index (χ1n) is 10.5. The predicted octanol–water partition coefficient (Wildman–Crippen LogP) is 7.26. The number of carboxylic acids is 1.